The van der Waals surface area contributed by atoms with Crippen LogP contribution >= 0.6 is 0 Å². The third kappa shape index (κ3) is 9.72. The highest BCUT2D eigenvalue weighted by Gasteiger charge is 2.23. The molecule has 0 spiro atoms. The van der Waals surface area contributed by atoms with E-state index in [0.29, 0.717) is 24.0 Å². The highest BCUT2D eigenvalue weighted by molar-refractivity contribution is 6.89. The average Bonchev–Trinajstić information content (AvgIpc) is 2.81. The first-order valence-electron chi connectivity index (χ1n) is 12.1. The van der Waals surface area contributed by atoms with E-state index in [4.69, 9.17) is 19.6 Å². The molecule has 0 bridgehead atoms. The third-order valence-corrected chi connectivity index (χ3v) is 9.66. The largest absolute Gasteiger partial charge is 0.373 e. The number of unbranched alkanes of at least 4 members (excludes halogenated alkanes) is 3. The topological polar surface area (TPSA) is 71.1 Å². The molecule has 2 aromatic carbocycles. The van der Waals surface area contributed by atoms with Gasteiger partial charge in [-0.1, -0.05) is 100 Å². The Bertz CT molecular complexity index is 870. The fourth-order valence-corrected chi connectivity index (χ4v) is 5.53. The summed E-state index contributed by atoms with van der Waals surface area (Å²) in [4.78, 5) is 45.1. The van der Waals surface area contributed by atoms with E-state index in [0.717, 1.165) is 19.3 Å². The Morgan fingerprint density at radius 1 is 0.629 bits per heavy atom. The van der Waals surface area contributed by atoms with E-state index in [2.05, 4.69) is 46.2 Å². The van der Waals surface area contributed by atoms with Crippen molar-refractivity contribution < 1.29 is 29.1 Å². The van der Waals surface area contributed by atoms with Crippen molar-refractivity contribution in [3.05, 3.63) is 72.9 Å². The van der Waals surface area contributed by atoms with Gasteiger partial charge in [0.2, 0.25) is 0 Å². The molecule has 0 aliphatic rings. The number of carbonyl (C=O) groups excluding carboxylic acids is 2. The quantitative estimate of drug-likeness (QED) is 0.143. The van der Waals surface area contributed by atoms with Crippen LogP contribution in [0.15, 0.2) is 48.5 Å². The predicted molar refractivity (Wildman–Crippen MR) is 144 cm³/mol. The molecule has 0 saturated heterocycles. The van der Waals surface area contributed by atoms with Gasteiger partial charge in [0.1, 0.15) is 0 Å². The van der Waals surface area contributed by atoms with Gasteiger partial charge < -0.3 is 0 Å². The number of carbonyl (C=O) groups is 2. The zero-order valence-electron chi connectivity index (χ0n) is 21.8. The van der Waals surface area contributed by atoms with Crippen molar-refractivity contribution in [2.24, 2.45) is 0 Å². The monoisotopic (exact) mass is 514 g/mol. The number of hydrogen-bond acceptors (Lipinski definition) is 6. The van der Waals surface area contributed by atoms with Gasteiger partial charge in [-0.2, -0.15) is 0 Å². The SMILES string of the molecule is [CH2]CCCCC[C](OOC(=O)c1ccc([Si](C)(C)C)cc1)OOC(=O)c1ccc([Si](C)(C)C)cc1. The molecule has 0 amide bonds. The standard InChI is InChI=1S/C27H38O6Si2/c1-8-9-10-11-12-25(30-32-26(28)21-13-17-23(18-14-21)34(2,3)4)31-33-27(29)22-15-19-24(20-16-22)35(5,6)7/h13-20H,1,8-12H2,2-7H3. The molecule has 190 valence electrons. The predicted octanol–water partition coefficient (Wildman–Crippen LogP) is 5.93. The van der Waals surface area contributed by atoms with Gasteiger partial charge in [-0.15, -0.1) is 9.78 Å². The Hall–Kier alpha value is -2.27. The Morgan fingerprint density at radius 3 is 1.37 bits per heavy atom. The molecule has 2 aromatic rings. The smallest absolute Gasteiger partial charge is 0.289 e. The first kappa shape index (κ1) is 29.0. The lowest BCUT2D eigenvalue weighted by atomic mass is 10.1. The maximum absolute atomic E-state index is 12.4. The molecule has 8 heteroatoms. The minimum atomic E-state index is -1.47. The zero-order chi connectivity index (χ0) is 26.1. The fraction of sp³-hybridized carbons (Fsp3) is 0.407. The van der Waals surface area contributed by atoms with Crippen LogP contribution in [0.1, 0.15) is 52.8 Å². The molecule has 2 radical (unpaired) electrons. The van der Waals surface area contributed by atoms with Crippen LogP contribution in [0.25, 0.3) is 0 Å². The van der Waals surface area contributed by atoms with Gasteiger partial charge in [0.05, 0.1) is 27.3 Å². The van der Waals surface area contributed by atoms with Crippen LogP contribution < -0.4 is 10.4 Å². The molecule has 0 atom stereocenters. The summed E-state index contributed by atoms with van der Waals surface area (Å²) in [6, 6.07) is 14.7. The van der Waals surface area contributed by atoms with Crippen LogP contribution in [0, 0.1) is 13.2 Å². The van der Waals surface area contributed by atoms with E-state index in [1.54, 1.807) is 24.3 Å². The lowest BCUT2D eigenvalue weighted by Gasteiger charge is -2.17. The molecule has 0 heterocycles. The van der Waals surface area contributed by atoms with Gasteiger partial charge in [-0.25, -0.2) is 9.59 Å². The second-order valence-electron chi connectivity index (χ2n) is 10.6. The maximum Gasteiger partial charge on any atom is 0.373 e. The zero-order valence-corrected chi connectivity index (χ0v) is 23.8. The molecule has 0 N–H and O–H groups in total. The van der Waals surface area contributed by atoms with Crippen molar-refractivity contribution in [1.82, 2.24) is 0 Å². The first-order valence-corrected chi connectivity index (χ1v) is 19.1. The Kier molecular flexibility index (Phi) is 10.9. The summed E-state index contributed by atoms with van der Waals surface area (Å²) < 4.78 is 0. The molecule has 0 fully saturated rings. The van der Waals surface area contributed by atoms with Gasteiger partial charge in [-0.05, 0) is 30.7 Å². The summed E-state index contributed by atoms with van der Waals surface area (Å²) in [5, 5.41) is 2.47. The molecular weight excluding hydrogens is 476 g/mol. The van der Waals surface area contributed by atoms with E-state index in [-0.39, 0.29) is 6.29 Å². The molecule has 0 saturated carbocycles. The third-order valence-electron chi connectivity index (χ3n) is 5.52. The van der Waals surface area contributed by atoms with Crippen LogP contribution in [0.3, 0.4) is 0 Å². The second kappa shape index (κ2) is 13.2. The summed E-state index contributed by atoms with van der Waals surface area (Å²) in [5.41, 5.74) is 0.728. The lowest BCUT2D eigenvalue weighted by Crippen LogP contribution is -2.37. The Morgan fingerprint density at radius 2 is 1.03 bits per heavy atom. The van der Waals surface area contributed by atoms with Gasteiger partial charge in [0.25, 0.3) is 0 Å². The lowest BCUT2D eigenvalue weighted by molar-refractivity contribution is -0.363. The second-order valence-corrected chi connectivity index (χ2v) is 20.8. The van der Waals surface area contributed by atoms with Crippen LogP contribution in [0.2, 0.25) is 39.3 Å². The van der Waals surface area contributed by atoms with Crippen LogP contribution in [0.4, 0.5) is 0 Å². The summed E-state index contributed by atoms with van der Waals surface area (Å²) in [7, 11) is -2.94. The molecule has 0 aromatic heterocycles. The van der Waals surface area contributed by atoms with E-state index in [1.807, 2.05) is 24.3 Å². The minimum absolute atomic E-state index is 0.0896. The van der Waals surface area contributed by atoms with Crippen molar-refractivity contribution in [2.75, 3.05) is 0 Å². The van der Waals surface area contributed by atoms with Crippen LogP contribution in [-0.2, 0) is 19.6 Å². The fourth-order valence-electron chi connectivity index (χ4n) is 3.20. The van der Waals surface area contributed by atoms with Crippen molar-refractivity contribution >= 4 is 38.5 Å². The normalized spacial score (nSPS) is 12.0. The van der Waals surface area contributed by atoms with Crippen molar-refractivity contribution in [3.63, 3.8) is 0 Å². The number of hydrogen-bond donors (Lipinski definition) is 0. The van der Waals surface area contributed by atoms with Gasteiger partial charge in [-0.3, -0.25) is 9.78 Å². The first-order chi connectivity index (χ1) is 16.4. The highest BCUT2D eigenvalue weighted by Crippen LogP contribution is 2.19. The molecule has 0 aliphatic carbocycles. The molecular formula is C27H38O6Si2. The summed E-state index contributed by atoms with van der Waals surface area (Å²) in [6.07, 6.45) is 3.58. The number of benzene rings is 2. The molecule has 6 nitrogen and oxygen atoms in total. The summed E-state index contributed by atoms with van der Waals surface area (Å²) in [6.45, 7) is 17.2. The van der Waals surface area contributed by atoms with Gasteiger partial charge >= 0.3 is 18.2 Å². The Labute approximate surface area is 211 Å². The molecule has 0 aliphatic heterocycles. The maximum atomic E-state index is 12.4. The average molecular weight is 515 g/mol. The van der Waals surface area contributed by atoms with Crippen LogP contribution in [-0.4, -0.2) is 28.1 Å². The van der Waals surface area contributed by atoms with Crippen molar-refractivity contribution in [2.45, 2.75) is 71.4 Å². The summed E-state index contributed by atoms with van der Waals surface area (Å²) >= 11 is 0. The minimum Gasteiger partial charge on any atom is -0.289 e. The molecule has 35 heavy (non-hydrogen) atoms. The number of rotatable bonds is 13. The molecule has 0 unspecified atom stereocenters. The van der Waals surface area contributed by atoms with E-state index in [9.17, 15) is 9.59 Å². The van der Waals surface area contributed by atoms with E-state index >= 15 is 0 Å². The Balaban J connectivity index is 1.95. The van der Waals surface area contributed by atoms with E-state index in [1.165, 1.54) is 10.4 Å². The van der Waals surface area contributed by atoms with Crippen LogP contribution in [0.5, 0.6) is 0 Å². The highest BCUT2D eigenvalue weighted by atomic mass is 28.3. The van der Waals surface area contributed by atoms with Crippen molar-refractivity contribution in [3.8, 4) is 0 Å². The summed E-state index contributed by atoms with van der Waals surface area (Å²) in [5.74, 6) is -1.31. The van der Waals surface area contributed by atoms with Crippen molar-refractivity contribution in [1.29, 1.82) is 0 Å². The van der Waals surface area contributed by atoms with Gasteiger partial charge in [0.15, 0.2) is 0 Å². The van der Waals surface area contributed by atoms with E-state index < -0.39 is 28.1 Å². The molecule has 2 rings (SSSR count). The van der Waals surface area contributed by atoms with Gasteiger partial charge in [0, 0.05) is 6.42 Å².